The Morgan fingerprint density at radius 3 is 2.87 bits per heavy atom. The molecule has 1 atom stereocenters. The molecule has 2 N–H and O–H groups in total. The fourth-order valence-electron chi connectivity index (χ4n) is 1.41. The molecular formula is C9H16N2O3S. The standard InChI is InChI=1S/C9H16N2O3S/c1-11(5-9(13)14)8(12)4-7-6-15-3-2-10-7/h7,10H,2-6H2,1H3,(H,13,14). The predicted octanol–water partition coefficient (Wildman–Crippen LogP) is -0.375. The summed E-state index contributed by atoms with van der Waals surface area (Å²) in [4.78, 5) is 23.2. The van der Waals surface area contributed by atoms with Crippen LogP contribution in [-0.4, -0.2) is 59.6 Å². The van der Waals surface area contributed by atoms with Gasteiger partial charge in [0.25, 0.3) is 0 Å². The number of nitrogens with zero attached hydrogens (tertiary/aromatic N) is 1. The first kappa shape index (κ1) is 12.3. The third-order valence-electron chi connectivity index (χ3n) is 2.22. The van der Waals surface area contributed by atoms with Gasteiger partial charge in [-0.1, -0.05) is 0 Å². The van der Waals surface area contributed by atoms with E-state index < -0.39 is 5.97 Å². The lowest BCUT2D eigenvalue weighted by Gasteiger charge is -2.24. The SMILES string of the molecule is CN(CC(=O)O)C(=O)CC1CSCCN1. The second kappa shape index (κ2) is 5.97. The zero-order valence-electron chi connectivity index (χ0n) is 8.73. The van der Waals surface area contributed by atoms with Crippen molar-refractivity contribution in [1.29, 1.82) is 0 Å². The molecule has 15 heavy (non-hydrogen) atoms. The average molecular weight is 232 g/mol. The molecule has 1 rings (SSSR count). The lowest BCUT2D eigenvalue weighted by Crippen LogP contribution is -2.42. The minimum Gasteiger partial charge on any atom is -0.480 e. The summed E-state index contributed by atoms with van der Waals surface area (Å²) in [6.07, 6.45) is 0.386. The Morgan fingerprint density at radius 1 is 1.60 bits per heavy atom. The highest BCUT2D eigenvalue weighted by Crippen LogP contribution is 2.10. The second-order valence-electron chi connectivity index (χ2n) is 3.57. The molecule has 0 radical (unpaired) electrons. The maximum Gasteiger partial charge on any atom is 0.323 e. The molecule has 1 saturated heterocycles. The van der Waals surface area contributed by atoms with Gasteiger partial charge < -0.3 is 15.3 Å². The second-order valence-corrected chi connectivity index (χ2v) is 4.72. The van der Waals surface area contributed by atoms with Crippen LogP contribution in [-0.2, 0) is 9.59 Å². The van der Waals surface area contributed by atoms with E-state index >= 15 is 0 Å². The molecule has 86 valence electrons. The molecule has 0 spiro atoms. The van der Waals surface area contributed by atoms with E-state index in [0.29, 0.717) is 6.42 Å². The Kier molecular flexibility index (Phi) is 4.90. The Hall–Kier alpha value is -0.750. The summed E-state index contributed by atoms with van der Waals surface area (Å²) >= 11 is 1.82. The van der Waals surface area contributed by atoms with Gasteiger partial charge in [-0.25, -0.2) is 0 Å². The number of hydrogen-bond donors (Lipinski definition) is 2. The van der Waals surface area contributed by atoms with Crippen molar-refractivity contribution in [1.82, 2.24) is 10.2 Å². The topological polar surface area (TPSA) is 69.6 Å². The van der Waals surface area contributed by atoms with Crippen molar-refractivity contribution in [3.8, 4) is 0 Å². The molecule has 0 aromatic rings. The van der Waals surface area contributed by atoms with Crippen LogP contribution in [0.3, 0.4) is 0 Å². The molecule has 5 nitrogen and oxygen atoms in total. The van der Waals surface area contributed by atoms with Gasteiger partial charge in [-0.3, -0.25) is 9.59 Å². The zero-order valence-corrected chi connectivity index (χ0v) is 9.55. The van der Waals surface area contributed by atoms with Crippen LogP contribution in [0.4, 0.5) is 0 Å². The van der Waals surface area contributed by atoms with E-state index in [9.17, 15) is 9.59 Å². The third-order valence-corrected chi connectivity index (χ3v) is 3.35. The van der Waals surface area contributed by atoms with Gasteiger partial charge >= 0.3 is 5.97 Å². The van der Waals surface area contributed by atoms with E-state index in [1.807, 2.05) is 11.8 Å². The number of thioether (sulfide) groups is 1. The van der Waals surface area contributed by atoms with Crippen LogP contribution in [0.5, 0.6) is 0 Å². The van der Waals surface area contributed by atoms with Gasteiger partial charge in [-0.15, -0.1) is 0 Å². The molecule has 0 aliphatic carbocycles. The summed E-state index contributed by atoms with van der Waals surface area (Å²) in [6.45, 7) is 0.698. The maximum atomic E-state index is 11.6. The van der Waals surface area contributed by atoms with E-state index in [4.69, 9.17) is 5.11 Å². The van der Waals surface area contributed by atoms with Crippen LogP contribution in [0.25, 0.3) is 0 Å². The van der Waals surface area contributed by atoms with Crippen molar-refractivity contribution in [3.05, 3.63) is 0 Å². The van der Waals surface area contributed by atoms with Crippen LogP contribution in [0.2, 0.25) is 0 Å². The van der Waals surface area contributed by atoms with E-state index in [2.05, 4.69) is 5.32 Å². The van der Waals surface area contributed by atoms with E-state index in [0.717, 1.165) is 18.1 Å². The smallest absolute Gasteiger partial charge is 0.323 e. The Bertz CT molecular complexity index is 242. The fourth-order valence-corrected chi connectivity index (χ4v) is 2.36. The van der Waals surface area contributed by atoms with Gasteiger partial charge in [-0.05, 0) is 0 Å². The Balaban J connectivity index is 2.30. The minimum atomic E-state index is -0.975. The molecular weight excluding hydrogens is 216 g/mol. The van der Waals surface area contributed by atoms with Crippen LogP contribution in [0.15, 0.2) is 0 Å². The molecule has 0 aromatic heterocycles. The van der Waals surface area contributed by atoms with E-state index in [1.54, 1.807) is 0 Å². The van der Waals surface area contributed by atoms with Crippen molar-refractivity contribution < 1.29 is 14.7 Å². The molecule has 6 heteroatoms. The maximum absolute atomic E-state index is 11.6. The highest BCUT2D eigenvalue weighted by atomic mass is 32.2. The number of rotatable bonds is 4. The lowest BCUT2D eigenvalue weighted by atomic mass is 10.2. The van der Waals surface area contributed by atoms with Crippen LogP contribution in [0.1, 0.15) is 6.42 Å². The van der Waals surface area contributed by atoms with Gasteiger partial charge in [-0.2, -0.15) is 11.8 Å². The number of likely N-dealkylation sites (N-methyl/N-ethyl adjacent to an activating group) is 1. The number of hydrogen-bond acceptors (Lipinski definition) is 4. The minimum absolute atomic E-state index is 0.114. The van der Waals surface area contributed by atoms with Crippen molar-refractivity contribution in [2.45, 2.75) is 12.5 Å². The summed E-state index contributed by atoms with van der Waals surface area (Å²) in [5.74, 6) is 0.914. The summed E-state index contributed by atoms with van der Waals surface area (Å²) in [7, 11) is 1.52. The van der Waals surface area contributed by atoms with E-state index in [1.165, 1.54) is 11.9 Å². The normalized spacial score (nSPS) is 21.0. The monoisotopic (exact) mass is 232 g/mol. The van der Waals surface area contributed by atoms with Crippen molar-refractivity contribution >= 4 is 23.6 Å². The quantitative estimate of drug-likeness (QED) is 0.692. The molecule has 0 bridgehead atoms. The van der Waals surface area contributed by atoms with Crippen LogP contribution < -0.4 is 5.32 Å². The number of carbonyl (C=O) groups is 2. The van der Waals surface area contributed by atoms with Gasteiger partial charge in [0.15, 0.2) is 0 Å². The molecule has 1 amide bonds. The van der Waals surface area contributed by atoms with Gasteiger partial charge in [0.1, 0.15) is 6.54 Å². The first-order valence-electron chi connectivity index (χ1n) is 4.86. The van der Waals surface area contributed by atoms with E-state index in [-0.39, 0.29) is 18.5 Å². The summed E-state index contributed by atoms with van der Waals surface area (Å²) in [6, 6.07) is 0.187. The summed E-state index contributed by atoms with van der Waals surface area (Å²) in [5, 5.41) is 11.8. The zero-order chi connectivity index (χ0) is 11.3. The third kappa shape index (κ3) is 4.53. The number of carboxylic acid groups (broad SMARTS) is 1. The molecule has 1 unspecified atom stereocenters. The molecule has 1 fully saturated rings. The lowest BCUT2D eigenvalue weighted by molar-refractivity contribution is -0.143. The number of aliphatic carboxylic acids is 1. The molecule has 1 aliphatic heterocycles. The number of carbonyl (C=O) groups excluding carboxylic acids is 1. The molecule has 0 saturated carbocycles. The number of carboxylic acids is 1. The molecule has 0 aromatic carbocycles. The number of nitrogens with one attached hydrogen (secondary N) is 1. The van der Waals surface area contributed by atoms with Crippen molar-refractivity contribution in [3.63, 3.8) is 0 Å². The fraction of sp³-hybridized carbons (Fsp3) is 0.778. The number of amides is 1. The predicted molar refractivity (Wildman–Crippen MR) is 59.0 cm³/mol. The summed E-state index contributed by atoms with van der Waals surface area (Å²) < 4.78 is 0. The van der Waals surface area contributed by atoms with Gasteiger partial charge in [0, 0.05) is 37.6 Å². The van der Waals surface area contributed by atoms with Gasteiger partial charge in [0.2, 0.25) is 5.91 Å². The first-order chi connectivity index (χ1) is 7.09. The van der Waals surface area contributed by atoms with Crippen molar-refractivity contribution in [2.75, 3.05) is 31.6 Å². The summed E-state index contributed by atoms with van der Waals surface area (Å²) in [5.41, 5.74) is 0. The molecule has 1 aliphatic rings. The van der Waals surface area contributed by atoms with Crippen molar-refractivity contribution in [2.24, 2.45) is 0 Å². The Morgan fingerprint density at radius 2 is 2.33 bits per heavy atom. The van der Waals surface area contributed by atoms with Gasteiger partial charge in [0.05, 0.1) is 0 Å². The Labute approximate surface area is 93.2 Å². The largest absolute Gasteiger partial charge is 0.480 e. The van der Waals surface area contributed by atoms with Crippen LogP contribution >= 0.6 is 11.8 Å². The molecule has 1 heterocycles. The highest BCUT2D eigenvalue weighted by molar-refractivity contribution is 7.99. The highest BCUT2D eigenvalue weighted by Gasteiger charge is 2.19. The first-order valence-corrected chi connectivity index (χ1v) is 6.02. The van der Waals surface area contributed by atoms with Crippen LogP contribution in [0, 0.1) is 0 Å². The average Bonchev–Trinajstić information content (AvgIpc) is 2.18.